The molecule has 2 amide bonds. The van der Waals surface area contributed by atoms with Crippen molar-refractivity contribution in [1.82, 2.24) is 15.1 Å². The van der Waals surface area contributed by atoms with E-state index in [9.17, 15) is 18.0 Å². The Hall–Kier alpha value is -4.12. The first-order chi connectivity index (χ1) is 15.6. The van der Waals surface area contributed by atoms with Gasteiger partial charge in [0.15, 0.2) is 6.54 Å². The van der Waals surface area contributed by atoms with Crippen LogP contribution in [0.1, 0.15) is 11.1 Å². The number of hydrogen-bond donors (Lipinski definition) is 3. The Morgan fingerprint density at radius 1 is 1.24 bits per heavy atom. The van der Waals surface area contributed by atoms with Crippen LogP contribution in [0.4, 0.5) is 23.7 Å². The number of halogens is 3. The molecule has 1 heterocycles. The molecule has 33 heavy (non-hydrogen) atoms. The Balaban J connectivity index is 1.59. The van der Waals surface area contributed by atoms with E-state index in [1.165, 1.54) is 22.9 Å². The van der Waals surface area contributed by atoms with Crippen LogP contribution in [0.15, 0.2) is 73.0 Å². The Bertz CT molecular complexity index is 1170. The second kappa shape index (κ2) is 10.0. The molecule has 0 spiro atoms. The van der Waals surface area contributed by atoms with Crippen molar-refractivity contribution in [2.75, 3.05) is 5.32 Å². The standard InChI is InChI=1S/C22H21F3N6O2/c1-30(12-15-6-8-16(9-7-15)17-11-27-31(2)13-17)14-20(33-26)29-21(32)28-19-5-3-4-18(10-19)22(23,24)25/h3-11,13-14H,1,12,26H2,2H3,(H-,28,29,32)/p+1/b20-14-. The number of nitrogens with zero attached hydrogens (tertiary/aromatic N) is 3. The van der Waals surface area contributed by atoms with E-state index in [-0.39, 0.29) is 11.6 Å². The molecule has 11 heteroatoms. The van der Waals surface area contributed by atoms with Crippen LogP contribution < -0.4 is 16.5 Å². The van der Waals surface area contributed by atoms with Gasteiger partial charge >= 0.3 is 12.2 Å². The van der Waals surface area contributed by atoms with Gasteiger partial charge in [0.1, 0.15) is 6.72 Å². The number of anilines is 1. The number of nitrogens with one attached hydrogen (secondary N) is 2. The van der Waals surface area contributed by atoms with Gasteiger partial charge in [-0.2, -0.15) is 24.2 Å². The number of urea groups is 1. The third-order valence-corrected chi connectivity index (χ3v) is 4.49. The second-order valence-electron chi connectivity index (χ2n) is 7.12. The minimum atomic E-state index is -4.52. The van der Waals surface area contributed by atoms with Gasteiger partial charge in [0, 0.05) is 30.1 Å². The number of benzene rings is 2. The highest BCUT2D eigenvalue weighted by atomic mass is 19.4. The molecule has 3 aromatic rings. The molecule has 0 aliphatic heterocycles. The molecule has 2 aromatic carbocycles. The average molecular weight is 459 g/mol. The van der Waals surface area contributed by atoms with E-state index in [2.05, 4.69) is 27.3 Å². The van der Waals surface area contributed by atoms with Crippen molar-refractivity contribution in [3.05, 3.63) is 84.1 Å². The van der Waals surface area contributed by atoms with Gasteiger partial charge in [-0.05, 0) is 23.8 Å². The minimum absolute atomic E-state index is 0.0427. The zero-order chi connectivity index (χ0) is 24.0. The Kier molecular flexibility index (Phi) is 7.13. The molecule has 0 unspecified atom stereocenters. The Morgan fingerprint density at radius 2 is 1.97 bits per heavy atom. The van der Waals surface area contributed by atoms with Crippen molar-refractivity contribution in [3.8, 4) is 11.1 Å². The van der Waals surface area contributed by atoms with Gasteiger partial charge in [0.25, 0.3) is 5.88 Å². The summed E-state index contributed by atoms with van der Waals surface area (Å²) in [5.74, 6) is 5.05. The van der Waals surface area contributed by atoms with Crippen LogP contribution in [-0.4, -0.2) is 27.1 Å². The second-order valence-corrected chi connectivity index (χ2v) is 7.12. The number of carbonyl (C=O) groups is 1. The van der Waals surface area contributed by atoms with E-state index < -0.39 is 17.8 Å². The molecular weight excluding hydrogens is 437 g/mol. The first kappa shape index (κ1) is 23.5. The summed E-state index contributed by atoms with van der Waals surface area (Å²) < 4.78 is 41.6. The SMILES string of the molecule is C=[N+](/C=C(/NC(=O)Nc1cccc(C(F)(F)F)c1)ON)Cc1ccc(-c2cnn(C)c2)cc1. The first-order valence-corrected chi connectivity index (χ1v) is 9.63. The topological polar surface area (TPSA) is 97.2 Å². The van der Waals surface area contributed by atoms with Crippen LogP contribution in [0, 0.1) is 0 Å². The number of rotatable bonds is 7. The highest BCUT2D eigenvalue weighted by molar-refractivity contribution is 5.90. The molecule has 4 N–H and O–H groups in total. The number of hydrogen-bond acceptors (Lipinski definition) is 4. The third-order valence-electron chi connectivity index (χ3n) is 4.49. The molecular formula is C22H22F3N6O2+. The molecule has 0 bridgehead atoms. The summed E-state index contributed by atoms with van der Waals surface area (Å²) in [7, 11) is 1.84. The predicted molar refractivity (Wildman–Crippen MR) is 117 cm³/mol. The maximum atomic E-state index is 12.8. The lowest BCUT2D eigenvalue weighted by Gasteiger charge is -2.11. The number of alkyl halides is 3. The number of amides is 2. The van der Waals surface area contributed by atoms with Crippen LogP contribution in [0.3, 0.4) is 0 Å². The van der Waals surface area contributed by atoms with Crippen molar-refractivity contribution in [1.29, 1.82) is 0 Å². The quantitative estimate of drug-likeness (QED) is 0.217. The van der Waals surface area contributed by atoms with Crippen LogP contribution in [0.5, 0.6) is 0 Å². The fourth-order valence-corrected chi connectivity index (χ4v) is 2.96. The molecule has 0 saturated heterocycles. The van der Waals surface area contributed by atoms with Crippen LogP contribution >= 0.6 is 0 Å². The number of carbonyl (C=O) groups excluding carboxylic acids is 1. The van der Waals surface area contributed by atoms with E-state index in [0.717, 1.165) is 28.8 Å². The van der Waals surface area contributed by atoms with E-state index in [4.69, 9.17) is 5.90 Å². The number of nitrogens with two attached hydrogens (primary N) is 1. The molecule has 0 aliphatic carbocycles. The molecule has 1 aromatic heterocycles. The van der Waals surface area contributed by atoms with Gasteiger partial charge < -0.3 is 10.2 Å². The van der Waals surface area contributed by atoms with Gasteiger partial charge in [0.2, 0.25) is 6.20 Å². The zero-order valence-corrected chi connectivity index (χ0v) is 17.6. The third kappa shape index (κ3) is 6.68. The highest BCUT2D eigenvalue weighted by Crippen LogP contribution is 2.30. The summed E-state index contributed by atoms with van der Waals surface area (Å²) in [5.41, 5.74) is 2.00. The van der Waals surface area contributed by atoms with Gasteiger partial charge in [-0.3, -0.25) is 10.00 Å². The van der Waals surface area contributed by atoms with Crippen molar-refractivity contribution >= 4 is 18.4 Å². The van der Waals surface area contributed by atoms with Crippen LogP contribution in [0.25, 0.3) is 11.1 Å². The molecule has 0 radical (unpaired) electrons. The highest BCUT2D eigenvalue weighted by Gasteiger charge is 2.30. The molecule has 0 atom stereocenters. The smallest absolute Gasteiger partial charge is 0.387 e. The fraction of sp³-hybridized carbons (Fsp3) is 0.136. The summed E-state index contributed by atoms with van der Waals surface area (Å²) in [6.45, 7) is 4.22. The molecule has 3 rings (SSSR count). The average Bonchev–Trinajstić information content (AvgIpc) is 3.19. The molecule has 8 nitrogen and oxygen atoms in total. The number of aryl methyl sites for hydroxylation is 1. The summed E-state index contributed by atoms with van der Waals surface area (Å²) in [6, 6.07) is 11.1. The van der Waals surface area contributed by atoms with Gasteiger partial charge in [-0.15, -0.1) is 0 Å². The monoisotopic (exact) mass is 459 g/mol. The molecule has 0 saturated carbocycles. The van der Waals surface area contributed by atoms with Gasteiger partial charge in [0.05, 0.1) is 11.8 Å². The molecule has 0 aliphatic rings. The van der Waals surface area contributed by atoms with E-state index in [1.54, 1.807) is 10.9 Å². The molecule has 0 fully saturated rings. The lowest BCUT2D eigenvalue weighted by atomic mass is 10.1. The minimum Gasteiger partial charge on any atom is -0.387 e. The maximum Gasteiger partial charge on any atom is 0.416 e. The lowest BCUT2D eigenvalue weighted by Crippen LogP contribution is -2.31. The fourth-order valence-electron chi connectivity index (χ4n) is 2.96. The number of aromatic nitrogens is 2. The van der Waals surface area contributed by atoms with Gasteiger partial charge in [-0.25, -0.2) is 9.37 Å². The first-order valence-electron chi connectivity index (χ1n) is 9.63. The van der Waals surface area contributed by atoms with E-state index in [0.29, 0.717) is 6.54 Å². The lowest BCUT2D eigenvalue weighted by molar-refractivity contribution is -0.467. The molecule has 172 valence electrons. The van der Waals surface area contributed by atoms with Gasteiger partial charge in [-0.1, -0.05) is 30.3 Å². The van der Waals surface area contributed by atoms with Crippen molar-refractivity contribution in [2.45, 2.75) is 12.7 Å². The van der Waals surface area contributed by atoms with E-state index >= 15 is 0 Å². The summed E-state index contributed by atoms with van der Waals surface area (Å²) in [5, 5.41) is 8.75. The summed E-state index contributed by atoms with van der Waals surface area (Å²) in [4.78, 5) is 16.8. The Labute approximate surface area is 187 Å². The predicted octanol–water partition coefficient (Wildman–Crippen LogP) is 3.83. The Morgan fingerprint density at radius 3 is 2.58 bits per heavy atom. The van der Waals surface area contributed by atoms with Crippen molar-refractivity contribution in [3.63, 3.8) is 0 Å². The maximum absolute atomic E-state index is 12.8. The van der Waals surface area contributed by atoms with Crippen molar-refractivity contribution in [2.24, 2.45) is 12.9 Å². The van der Waals surface area contributed by atoms with Crippen LogP contribution in [-0.2, 0) is 24.6 Å². The summed E-state index contributed by atoms with van der Waals surface area (Å²) in [6.07, 6.45) is 0.504. The largest absolute Gasteiger partial charge is 0.416 e. The summed E-state index contributed by atoms with van der Waals surface area (Å²) >= 11 is 0. The van der Waals surface area contributed by atoms with Crippen LogP contribution in [0.2, 0.25) is 0 Å². The normalized spacial score (nSPS) is 11.7. The van der Waals surface area contributed by atoms with E-state index in [1.807, 2.05) is 37.5 Å². The zero-order valence-electron chi connectivity index (χ0n) is 17.6. The van der Waals surface area contributed by atoms with Crippen molar-refractivity contribution < 1.29 is 27.4 Å².